The van der Waals surface area contributed by atoms with Gasteiger partial charge in [0.15, 0.2) is 0 Å². The summed E-state index contributed by atoms with van der Waals surface area (Å²) < 4.78 is 0. The van der Waals surface area contributed by atoms with Gasteiger partial charge in [-0.05, 0) is 96.3 Å². The number of aliphatic hydroxyl groups is 2. The molecule has 0 aromatic rings. The van der Waals surface area contributed by atoms with Gasteiger partial charge in [0.2, 0.25) is 5.91 Å². The number of nitrogens with one attached hydrogen (secondary N) is 1. The van der Waals surface area contributed by atoms with Crippen molar-refractivity contribution in [3.63, 3.8) is 0 Å². The highest BCUT2D eigenvalue weighted by Crippen LogP contribution is 2.18. The van der Waals surface area contributed by atoms with Crippen LogP contribution in [-0.4, -0.2) is 34.9 Å². The van der Waals surface area contributed by atoms with Crippen LogP contribution in [0.15, 0.2) is 134 Å². The van der Waals surface area contributed by atoms with Crippen LogP contribution in [0.3, 0.4) is 0 Å². The van der Waals surface area contributed by atoms with Crippen LogP contribution in [0.1, 0.15) is 341 Å². The van der Waals surface area contributed by atoms with Gasteiger partial charge < -0.3 is 15.5 Å². The Hall–Kier alpha value is -3.47. The summed E-state index contributed by atoms with van der Waals surface area (Å²) in [5.74, 6) is -0.0434. The van der Waals surface area contributed by atoms with Crippen molar-refractivity contribution in [2.45, 2.75) is 353 Å². The van der Waals surface area contributed by atoms with E-state index < -0.39 is 12.1 Å². The maximum atomic E-state index is 12.6. The van der Waals surface area contributed by atoms with Gasteiger partial charge in [-0.15, -0.1) is 0 Å². The number of allylic oxidation sites excluding steroid dienone is 22. The lowest BCUT2D eigenvalue weighted by Gasteiger charge is -2.22. The van der Waals surface area contributed by atoms with Crippen LogP contribution in [-0.2, 0) is 4.79 Å². The molecule has 3 N–H and O–H groups in total. The van der Waals surface area contributed by atoms with Gasteiger partial charge >= 0.3 is 0 Å². The van der Waals surface area contributed by atoms with Crippen molar-refractivity contribution in [3.05, 3.63) is 134 Å². The van der Waals surface area contributed by atoms with E-state index in [-0.39, 0.29) is 12.5 Å². The summed E-state index contributed by atoms with van der Waals surface area (Å²) in [5.41, 5.74) is 0. The van der Waals surface area contributed by atoms with E-state index in [4.69, 9.17) is 0 Å². The van der Waals surface area contributed by atoms with E-state index in [0.29, 0.717) is 12.8 Å². The minimum absolute atomic E-state index is 0.0434. The maximum absolute atomic E-state index is 12.6. The second kappa shape index (κ2) is 72.8. The zero-order chi connectivity index (χ0) is 59.8. The topological polar surface area (TPSA) is 69.6 Å². The fourth-order valence-corrected chi connectivity index (χ4v) is 10.5. The lowest BCUT2D eigenvalue weighted by atomic mass is 10.0. The molecule has 0 saturated heterocycles. The smallest absolute Gasteiger partial charge is 0.220 e. The average molecular weight is 1150 g/mol. The molecule has 2 unspecified atom stereocenters. The van der Waals surface area contributed by atoms with Crippen molar-refractivity contribution < 1.29 is 15.0 Å². The van der Waals surface area contributed by atoms with Gasteiger partial charge in [0.25, 0.3) is 0 Å². The molecule has 0 radical (unpaired) electrons. The summed E-state index contributed by atoms with van der Waals surface area (Å²) in [5, 5.41) is 23.5. The summed E-state index contributed by atoms with van der Waals surface area (Å²) in [6.07, 6.45) is 112. The lowest BCUT2D eigenvalue weighted by molar-refractivity contribution is -0.123. The Morgan fingerprint density at radius 1 is 0.301 bits per heavy atom. The third-order valence-corrected chi connectivity index (χ3v) is 15.9. The first-order valence-corrected chi connectivity index (χ1v) is 35.9. The van der Waals surface area contributed by atoms with Crippen LogP contribution in [0.25, 0.3) is 0 Å². The third kappa shape index (κ3) is 69.2. The fourth-order valence-electron chi connectivity index (χ4n) is 10.5. The molecule has 0 aliphatic carbocycles. The molecular weight excluding hydrogens is 1010 g/mol. The Balaban J connectivity index is 3.55. The Kier molecular flexibility index (Phi) is 69.7. The standard InChI is InChI=1S/C79H137NO3/c1-3-5-7-9-11-13-15-17-19-21-23-25-27-29-31-33-35-36-37-38-39-40-41-42-43-44-45-47-49-51-53-55-57-59-61-63-65-67-69-71-73-75-79(83)80-77(76-81)78(82)74-72-70-68-66-64-62-60-58-56-54-52-50-48-46-34-32-30-28-26-24-22-20-18-16-14-12-10-8-6-4-2/h5,7,11,13,17,19,23,25,29,31,35-36,38-39,41-42,44-45,49,51,55,57,77-78,81-82H,3-4,6,8-10,12,14-16,18,20-22,24,26-28,30,32-34,37,40,43,46-48,50,52-54,56,58-76H2,1-2H3,(H,80,83)/b7-5-,13-11-,19-17-,25-23-,31-29-,36-35-,39-38-,42-41-,45-44-,51-49-,57-55-. The van der Waals surface area contributed by atoms with E-state index in [1.54, 1.807) is 0 Å². The Labute approximate surface area is 517 Å². The number of carbonyl (C=O) groups is 1. The summed E-state index contributed by atoms with van der Waals surface area (Å²) in [4.78, 5) is 12.6. The molecule has 0 aliphatic heterocycles. The van der Waals surface area contributed by atoms with Crippen LogP contribution >= 0.6 is 0 Å². The monoisotopic (exact) mass is 1150 g/mol. The normalized spacial score (nSPS) is 13.5. The van der Waals surface area contributed by atoms with Crippen molar-refractivity contribution in [3.8, 4) is 0 Å². The molecule has 0 bridgehead atoms. The van der Waals surface area contributed by atoms with Crippen LogP contribution in [0.5, 0.6) is 0 Å². The highest BCUT2D eigenvalue weighted by molar-refractivity contribution is 5.76. The zero-order valence-electron chi connectivity index (χ0n) is 54.9. The van der Waals surface area contributed by atoms with Crippen LogP contribution in [0, 0.1) is 0 Å². The van der Waals surface area contributed by atoms with Crippen molar-refractivity contribution in [2.24, 2.45) is 0 Å². The van der Waals surface area contributed by atoms with Gasteiger partial charge in [0.1, 0.15) is 0 Å². The number of hydrogen-bond acceptors (Lipinski definition) is 3. The van der Waals surface area contributed by atoms with Gasteiger partial charge in [0.05, 0.1) is 18.8 Å². The molecule has 476 valence electrons. The molecule has 0 aliphatic rings. The van der Waals surface area contributed by atoms with Crippen molar-refractivity contribution in [1.82, 2.24) is 5.32 Å². The summed E-state index contributed by atoms with van der Waals surface area (Å²) in [7, 11) is 0. The second-order valence-electron chi connectivity index (χ2n) is 23.9. The Morgan fingerprint density at radius 2 is 0.530 bits per heavy atom. The average Bonchev–Trinajstić information content (AvgIpc) is 3.51. The molecule has 0 aromatic heterocycles. The molecule has 0 spiro atoms. The molecule has 0 rings (SSSR count). The first-order valence-electron chi connectivity index (χ1n) is 35.9. The van der Waals surface area contributed by atoms with Crippen molar-refractivity contribution in [2.75, 3.05) is 6.61 Å². The van der Waals surface area contributed by atoms with Crippen LogP contribution in [0.4, 0.5) is 0 Å². The van der Waals surface area contributed by atoms with Crippen molar-refractivity contribution in [1.29, 1.82) is 0 Å². The summed E-state index contributed by atoms with van der Waals surface area (Å²) in [6, 6.07) is -0.554. The minimum Gasteiger partial charge on any atom is -0.394 e. The van der Waals surface area contributed by atoms with Gasteiger partial charge in [-0.2, -0.15) is 0 Å². The lowest BCUT2D eigenvalue weighted by Crippen LogP contribution is -2.45. The predicted molar refractivity (Wildman–Crippen MR) is 372 cm³/mol. The molecule has 1 amide bonds. The molecule has 2 atom stereocenters. The molecule has 4 heteroatoms. The molecule has 83 heavy (non-hydrogen) atoms. The van der Waals surface area contributed by atoms with Crippen molar-refractivity contribution >= 4 is 5.91 Å². The largest absolute Gasteiger partial charge is 0.394 e. The predicted octanol–water partition coefficient (Wildman–Crippen LogP) is 24.9. The number of rotatable bonds is 65. The first kappa shape index (κ1) is 79.5. The van der Waals surface area contributed by atoms with Gasteiger partial charge in [0, 0.05) is 6.42 Å². The fraction of sp³-hybridized carbons (Fsp3) is 0.709. The van der Waals surface area contributed by atoms with E-state index in [1.165, 1.54) is 205 Å². The van der Waals surface area contributed by atoms with Gasteiger partial charge in [-0.25, -0.2) is 0 Å². The number of unbranched alkanes of at least 4 members (excludes halogenated alkanes) is 36. The highest BCUT2D eigenvalue weighted by atomic mass is 16.3. The molecule has 0 heterocycles. The number of aliphatic hydroxyl groups excluding tert-OH is 2. The third-order valence-electron chi connectivity index (χ3n) is 15.9. The highest BCUT2D eigenvalue weighted by Gasteiger charge is 2.20. The Morgan fingerprint density at radius 3 is 0.795 bits per heavy atom. The Bertz CT molecular complexity index is 1640. The van der Waals surface area contributed by atoms with Gasteiger partial charge in [-0.1, -0.05) is 372 Å². The van der Waals surface area contributed by atoms with E-state index in [2.05, 4.69) is 153 Å². The number of amides is 1. The number of hydrogen-bond donors (Lipinski definition) is 3. The summed E-state index contributed by atoms with van der Waals surface area (Å²) in [6.45, 7) is 4.26. The van der Waals surface area contributed by atoms with E-state index in [0.717, 1.165) is 109 Å². The summed E-state index contributed by atoms with van der Waals surface area (Å²) >= 11 is 0. The molecular formula is C79H137NO3. The second-order valence-corrected chi connectivity index (χ2v) is 23.9. The first-order chi connectivity index (χ1) is 41.2. The zero-order valence-corrected chi connectivity index (χ0v) is 54.9. The van der Waals surface area contributed by atoms with E-state index in [9.17, 15) is 15.0 Å². The SMILES string of the molecule is CC/C=C\C/C=C\C/C=C\C/C=C\C/C=C\C/C=C\C/C=C\C/C=C\C/C=C\C/C=C\C/C=C\CCCCCCCCCC(=O)NC(CO)C(O)CCCCCCCCCCCCCCCCCCCCCCCCCCCCCCCC. The van der Waals surface area contributed by atoms with Crippen LogP contribution in [0.2, 0.25) is 0 Å². The minimum atomic E-state index is -0.676. The number of carbonyl (C=O) groups excluding carboxylic acids is 1. The quantitative estimate of drug-likeness (QED) is 0.0420. The molecule has 0 fully saturated rings. The van der Waals surface area contributed by atoms with E-state index in [1.807, 2.05) is 0 Å². The van der Waals surface area contributed by atoms with Gasteiger partial charge in [-0.3, -0.25) is 4.79 Å². The molecule has 0 saturated carbocycles. The maximum Gasteiger partial charge on any atom is 0.220 e. The molecule has 4 nitrogen and oxygen atoms in total. The van der Waals surface area contributed by atoms with E-state index >= 15 is 0 Å². The molecule has 0 aromatic carbocycles. The van der Waals surface area contributed by atoms with Crippen LogP contribution < -0.4 is 5.32 Å².